The second kappa shape index (κ2) is 7.28. The molecule has 2 aromatic carbocycles. The first-order chi connectivity index (χ1) is 10.1. The van der Waals surface area contributed by atoms with E-state index >= 15 is 0 Å². The van der Waals surface area contributed by atoms with Crippen molar-refractivity contribution in [3.05, 3.63) is 65.2 Å². The van der Waals surface area contributed by atoms with E-state index in [1.807, 2.05) is 7.05 Å². The average Bonchev–Trinajstić information content (AvgIpc) is 2.52. The minimum atomic E-state index is 0.335. The smallest absolute Gasteiger partial charge is 0.0495 e. The molecule has 0 aliphatic carbocycles. The van der Waals surface area contributed by atoms with Gasteiger partial charge in [0.05, 0.1) is 0 Å². The highest BCUT2D eigenvalue weighted by Gasteiger charge is 2.12. The van der Waals surface area contributed by atoms with Gasteiger partial charge in [-0.15, -0.1) is 0 Å². The lowest BCUT2D eigenvalue weighted by molar-refractivity contribution is 0.589. The third-order valence-corrected chi connectivity index (χ3v) is 4.04. The molecule has 112 valence electrons. The molecule has 0 radical (unpaired) electrons. The van der Waals surface area contributed by atoms with Crippen LogP contribution in [0.15, 0.2) is 48.5 Å². The summed E-state index contributed by atoms with van der Waals surface area (Å²) in [6.07, 6.45) is 1.09. The van der Waals surface area contributed by atoms with Gasteiger partial charge in [-0.1, -0.05) is 43.3 Å². The zero-order chi connectivity index (χ0) is 15.2. The maximum absolute atomic E-state index is 3.43. The summed E-state index contributed by atoms with van der Waals surface area (Å²) in [6.45, 7) is 5.28. The van der Waals surface area contributed by atoms with Crippen molar-refractivity contribution >= 4 is 5.69 Å². The lowest BCUT2D eigenvalue weighted by Crippen LogP contribution is -2.31. The number of likely N-dealkylation sites (N-methyl/N-ethyl adjacent to an activating group) is 2. The predicted octanol–water partition coefficient (Wildman–Crippen LogP) is 3.95. The van der Waals surface area contributed by atoms with Gasteiger partial charge in [0.25, 0.3) is 0 Å². The van der Waals surface area contributed by atoms with Crippen molar-refractivity contribution in [2.24, 2.45) is 0 Å². The molecule has 21 heavy (non-hydrogen) atoms. The Morgan fingerprint density at radius 1 is 1.10 bits per heavy atom. The van der Waals surface area contributed by atoms with E-state index in [-0.39, 0.29) is 0 Å². The van der Waals surface area contributed by atoms with E-state index in [1.165, 1.54) is 22.4 Å². The van der Waals surface area contributed by atoms with Gasteiger partial charge in [-0.3, -0.25) is 0 Å². The Morgan fingerprint density at radius 3 is 2.38 bits per heavy atom. The quantitative estimate of drug-likeness (QED) is 0.863. The first kappa shape index (κ1) is 15.6. The fraction of sp³-hybridized carbons (Fsp3) is 0.368. The minimum Gasteiger partial charge on any atom is -0.373 e. The van der Waals surface area contributed by atoms with E-state index in [9.17, 15) is 0 Å². The topological polar surface area (TPSA) is 15.3 Å². The largest absolute Gasteiger partial charge is 0.373 e. The molecule has 0 fully saturated rings. The molecule has 0 saturated carbocycles. The van der Waals surface area contributed by atoms with E-state index < -0.39 is 0 Å². The lowest BCUT2D eigenvalue weighted by atomic mass is 10.0. The molecule has 0 bridgehead atoms. The van der Waals surface area contributed by atoms with Crippen LogP contribution >= 0.6 is 0 Å². The van der Waals surface area contributed by atoms with Crippen LogP contribution in [0, 0.1) is 6.92 Å². The van der Waals surface area contributed by atoms with Gasteiger partial charge in [0.2, 0.25) is 0 Å². The monoisotopic (exact) mass is 282 g/mol. The molecule has 2 nitrogen and oxygen atoms in total. The normalized spacial score (nSPS) is 12.2. The molecule has 2 heteroatoms. The number of hydrogen-bond acceptors (Lipinski definition) is 2. The summed E-state index contributed by atoms with van der Waals surface area (Å²) in [5, 5.41) is 3.43. The molecule has 2 rings (SSSR count). The van der Waals surface area contributed by atoms with Crippen LogP contribution in [0.4, 0.5) is 5.69 Å². The SMILES string of the molecule is CCc1ccc(C(CN(C)c2cccc(C)c2)NC)cc1. The second-order valence-corrected chi connectivity index (χ2v) is 5.66. The number of anilines is 1. The summed E-state index contributed by atoms with van der Waals surface area (Å²) in [5.74, 6) is 0. The Bertz CT molecular complexity index is 560. The van der Waals surface area contributed by atoms with Crippen molar-refractivity contribution in [1.82, 2.24) is 5.32 Å². The van der Waals surface area contributed by atoms with Gasteiger partial charge in [0.15, 0.2) is 0 Å². The van der Waals surface area contributed by atoms with Gasteiger partial charge >= 0.3 is 0 Å². The molecule has 0 heterocycles. The zero-order valence-electron chi connectivity index (χ0n) is 13.6. The van der Waals surface area contributed by atoms with Crippen LogP contribution in [0.3, 0.4) is 0 Å². The van der Waals surface area contributed by atoms with E-state index in [0.29, 0.717) is 6.04 Å². The fourth-order valence-corrected chi connectivity index (χ4v) is 2.59. The highest BCUT2D eigenvalue weighted by atomic mass is 15.1. The molecular formula is C19H26N2. The number of nitrogens with zero attached hydrogens (tertiary/aromatic N) is 1. The van der Waals surface area contributed by atoms with E-state index in [1.54, 1.807) is 0 Å². The maximum Gasteiger partial charge on any atom is 0.0495 e. The molecule has 1 unspecified atom stereocenters. The average molecular weight is 282 g/mol. The standard InChI is InChI=1S/C19H26N2/c1-5-16-9-11-17(12-10-16)19(20-3)14-21(4)18-8-6-7-15(2)13-18/h6-13,19-20H,5,14H2,1-4H3. The molecule has 0 aliphatic heterocycles. The van der Waals surface area contributed by atoms with Crippen LogP contribution < -0.4 is 10.2 Å². The minimum absolute atomic E-state index is 0.335. The summed E-state index contributed by atoms with van der Waals surface area (Å²) in [4.78, 5) is 2.31. The Hall–Kier alpha value is -1.80. The van der Waals surface area contributed by atoms with Gasteiger partial charge in [0.1, 0.15) is 0 Å². The summed E-state index contributed by atoms with van der Waals surface area (Å²) >= 11 is 0. The van der Waals surface area contributed by atoms with E-state index in [0.717, 1.165) is 13.0 Å². The summed E-state index contributed by atoms with van der Waals surface area (Å²) in [5.41, 5.74) is 5.29. The summed E-state index contributed by atoms with van der Waals surface area (Å²) in [7, 11) is 4.18. The van der Waals surface area contributed by atoms with E-state index in [2.05, 4.69) is 79.6 Å². The Labute approximate surface area is 128 Å². The van der Waals surface area contributed by atoms with Crippen molar-refractivity contribution in [3.63, 3.8) is 0 Å². The van der Waals surface area contributed by atoms with Gasteiger partial charge in [-0.25, -0.2) is 0 Å². The van der Waals surface area contributed by atoms with Gasteiger partial charge in [0, 0.05) is 25.3 Å². The molecule has 0 aliphatic rings. The van der Waals surface area contributed by atoms with Crippen molar-refractivity contribution in [2.45, 2.75) is 26.3 Å². The molecular weight excluding hydrogens is 256 g/mol. The molecule has 1 atom stereocenters. The van der Waals surface area contributed by atoms with Crippen LogP contribution in [-0.2, 0) is 6.42 Å². The third kappa shape index (κ3) is 4.08. The van der Waals surface area contributed by atoms with Gasteiger partial charge in [-0.2, -0.15) is 0 Å². The van der Waals surface area contributed by atoms with Crippen molar-refractivity contribution < 1.29 is 0 Å². The van der Waals surface area contributed by atoms with Gasteiger partial charge < -0.3 is 10.2 Å². The molecule has 0 amide bonds. The van der Waals surface area contributed by atoms with Crippen LogP contribution in [0.5, 0.6) is 0 Å². The number of rotatable bonds is 6. The van der Waals surface area contributed by atoms with Crippen LogP contribution in [0.25, 0.3) is 0 Å². The Balaban J connectivity index is 2.10. The number of hydrogen-bond donors (Lipinski definition) is 1. The maximum atomic E-state index is 3.43. The first-order valence-corrected chi connectivity index (χ1v) is 7.68. The van der Waals surface area contributed by atoms with Crippen molar-refractivity contribution in [2.75, 3.05) is 25.5 Å². The van der Waals surface area contributed by atoms with Gasteiger partial charge in [-0.05, 0) is 49.2 Å². The molecule has 1 N–H and O–H groups in total. The lowest BCUT2D eigenvalue weighted by Gasteiger charge is -2.26. The highest BCUT2D eigenvalue weighted by molar-refractivity contribution is 5.48. The summed E-state index contributed by atoms with van der Waals surface area (Å²) < 4.78 is 0. The Kier molecular flexibility index (Phi) is 5.40. The van der Waals surface area contributed by atoms with Crippen molar-refractivity contribution in [3.8, 4) is 0 Å². The van der Waals surface area contributed by atoms with Crippen molar-refractivity contribution in [1.29, 1.82) is 0 Å². The predicted molar refractivity (Wildman–Crippen MR) is 92.1 cm³/mol. The molecule has 2 aromatic rings. The number of nitrogens with one attached hydrogen (secondary N) is 1. The molecule has 0 spiro atoms. The van der Waals surface area contributed by atoms with Crippen LogP contribution in [-0.4, -0.2) is 20.6 Å². The van der Waals surface area contributed by atoms with Crippen LogP contribution in [0.2, 0.25) is 0 Å². The number of aryl methyl sites for hydroxylation is 2. The second-order valence-electron chi connectivity index (χ2n) is 5.66. The highest BCUT2D eigenvalue weighted by Crippen LogP contribution is 2.20. The number of benzene rings is 2. The van der Waals surface area contributed by atoms with E-state index in [4.69, 9.17) is 0 Å². The summed E-state index contributed by atoms with van der Waals surface area (Å²) in [6, 6.07) is 17.9. The molecule has 0 aromatic heterocycles. The molecule has 0 saturated heterocycles. The third-order valence-electron chi connectivity index (χ3n) is 4.04. The fourth-order valence-electron chi connectivity index (χ4n) is 2.59. The zero-order valence-corrected chi connectivity index (χ0v) is 13.6. The Morgan fingerprint density at radius 2 is 1.81 bits per heavy atom. The van der Waals surface area contributed by atoms with Crippen LogP contribution in [0.1, 0.15) is 29.7 Å². The first-order valence-electron chi connectivity index (χ1n) is 7.68.